The molecule has 1 rings (SSSR count). The van der Waals surface area contributed by atoms with Crippen molar-refractivity contribution in [3.8, 4) is 0 Å². The summed E-state index contributed by atoms with van der Waals surface area (Å²) in [5.41, 5.74) is 5.52. The van der Waals surface area contributed by atoms with E-state index in [1.807, 2.05) is 0 Å². The van der Waals surface area contributed by atoms with E-state index in [9.17, 15) is 8.78 Å². The van der Waals surface area contributed by atoms with Gasteiger partial charge in [0.2, 0.25) is 0 Å². The molecule has 0 aliphatic carbocycles. The Balaban J connectivity index is 3.40. The van der Waals surface area contributed by atoms with E-state index in [1.165, 1.54) is 6.07 Å². The molecule has 0 amide bonds. The van der Waals surface area contributed by atoms with Crippen LogP contribution < -0.4 is 5.73 Å². The summed E-state index contributed by atoms with van der Waals surface area (Å²) in [6, 6.07) is 1.18. The van der Waals surface area contributed by atoms with Gasteiger partial charge in [0.15, 0.2) is 0 Å². The van der Waals surface area contributed by atoms with Crippen LogP contribution in [0.5, 0.6) is 0 Å². The molecule has 0 atom stereocenters. The Morgan fingerprint density at radius 1 is 1.33 bits per heavy atom. The van der Waals surface area contributed by atoms with Gasteiger partial charge in [-0.3, -0.25) is 0 Å². The third-order valence-electron chi connectivity index (χ3n) is 1.41. The summed E-state index contributed by atoms with van der Waals surface area (Å²) in [5, 5.41) is 0. The third kappa shape index (κ3) is 1.67. The monoisotopic (exact) mass is 299 g/mol. The fraction of sp³-hybridized carbons (Fsp3) is 0.143. The minimum atomic E-state index is -0.649. The van der Waals surface area contributed by atoms with Crippen molar-refractivity contribution < 1.29 is 8.78 Å². The first-order valence-corrected chi connectivity index (χ1v) is 4.68. The third-order valence-corrected chi connectivity index (χ3v) is 2.85. The maximum atomic E-state index is 13.1. The maximum absolute atomic E-state index is 13.1. The molecule has 0 bridgehead atoms. The molecule has 0 saturated carbocycles. The van der Waals surface area contributed by atoms with E-state index in [-0.39, 0.29) is 16.6 Å². The first-order chi connectivity index (χ1) is 5.57. The molecule has 0 unspecified atom stereocenters. The predicted octanol–water partition coefficient (Wildman–Crippen LogP) is 2.95. The molecule has 1 nitrogen and oxygen atoms in total. The first kappa shape index (κ1) is 10.1. The van der Waals surface area contributed by atoms with Crippen molar-refractivity contribution in [1.29, 1.82) is 0 Å². The number of rotatable bonds is 1. The molecule has 1 aromatic rings. The molecule has 5 heteroatoms. The highest BCUT2D eigenvalue weighted by molar-refractivity contribution is 9.11. The minimum Gasteiger partial charge on any atom is -0.326 e. The van der Waals surface area contributed by atoms with Gasteiger partial charge in [-0.25, -0.2) is 8.78 Å². The van der Waals surface area contributed by atoms with Crippen LogP contribution in [0.4, 0.5) is 8.78 Å². The van der Waals surface area contributed by atoms with Crippen molar-refractivity contribution in [2.24, 2.45) is 5.73 Å². The van der Waals surface area contributed by atoms with Crippen LogP contribution in [-0.2, 0) is 6.54 Å². The Bertz CT molecular complexity index is 315. The zero-order chi connectivity index (χ0) is 9.30. The topological polar surface area (TPSA) is 26.0 Å². The van der Waals surface area contributed by atoms with Crippen LogP contribution in [0.1, 0.15) is 5.56 Å². The summed E-state index contributed by atoms with van der Waals surface area (Å²) in [7, 11) is 0. The van der Waals surface area contributed by atoms with Crippen LogP contribution >= 0.6 is 31.9 Å². The molecule has 0 aliphatic heterocycles. The first-order valence-electron chi connectivity index (χ1n) is 3.10. The lowest BCUT2D eigenvalue weighted by molar-refractivity contribution is 0.559. The van der Waals surface area contributed by atoms with E-state index >= 15 is 0 Å². The molecular formula is C7H5Br2F2N. The highest BCUT2D eigenvalue weighted by atomic mass is 79.9. The van der Waals surface area contributed by atoms with Gasteiger partial charge >= 0.3 is 0 Å². The van der Waals surface area contributed by atoms with Gasteiger partial charge < -0.3 is 5.73 Å². The van der Waals surface area contributed by atoms with Crippen molar-refractivity contribution in [3.05, 3.63) is 32.2 Å². The van der Waals surface area contributed by atoms with Gasteiger partial charge in [-0.05, 0) is 22.0 Å². The number of hydrogen-bond acceptors (Lipinski definition) is 1. The van der Waals surface area contributed by atoms with Gasteiger partial charge in [0.25, 0.3) is 0 Å². The van der Waals surface area contributed by atoms with E-state index < -0.39 is 11.6 Å². The molecule has 66 valence electrons. The second kappa shape index (κ2) is 3.81. The Morgan fingerprint density at radius 3 is 2.42 bits per heavy atom. The number of halogens is 4. The Hall–Kier alpha value is -0.000000000000000111. The molecule has 0 radical (unpaired) electrons. The van der Waals surface area contributed by atoms with Crippen molar-refractivity contribution >= 4 is 31.9 Å². The average molecular weight is 301 g/mol. The van der Waals surface area contributed by atoms with Gasteiger partial charge in [-0.1, -0.05) is 15.9 Å². The van der Waals surface area contributed by atoms with Crippen LogP contribution in [0.25, 0.3) is 0 Å². The summed E-state index contributed by atoms with van der Waals surface area (Å²) in [5.74, 6) is -1.29. The summed E-state index contributed by atoms with van der Waals surface area (Å²) in [6.07, 6.45) is 0. The maximum Gasteiger partial charge on any atom is 0.145 e. The van der Waals surface area contributed by atoms with E-state index in [2.05, 4.69) is 31.9 Å². The zero-order valence-corrected chi connectivity index (χ0v) is 9.05. The normalized spacial score (nSPS) is 10.4. The molecule has 1 aromatic carbocycles. The number of benzene rings is 1. The van der Waals surface area contributed by atoms with Crippen molar-refractivity contribution in [1.82, 2.24) is 0 Å². The fourth-order valence-electron chi connectivity index (χ4n) is 0.791. The van der Waals surface area contributed by atoms with Crippen molar-refractivity contribution in [2.45, 2.75) is 6.54 Å². The lowest BCUT2D eigenvalue weighted by Gasteiger charge is -2.05. The fourth-order valence-corrected chi connectivity index (χ4v) is 1.68. The van der Waals surface area contributed by atoms with Gasteiger partial charge in [-0.15, -0.1) is 0 Å². The Morgan fingerprint density at radius 2 is 1.92 bits per heavy atom. The summed E-state index contributed by atoms with van der Waals surface area (Å²) in [6.45, 7) is 0.0330. The molecule has 0 fully saturated rings. The van der Waals surface area contributed by atoms with Gasteiger partial charge in [0.1, 0.15) is 11.6 Å². The molecule has 0 spiro atoms. The lowest BCUT2D eigenvalue weighted by Crippen LogP contribution is -2.02. The van der Waals surface area contributed by atoms with E-state index in [0.717, 1.165) is 0 Å². The molecule has 0 heterocycles. The summed E-state index contributed by atoms with van der Waals surface area (Å²) in [4.78, 5) is 0. The van der Waals surface area contributed by atoms with Crippen molar-refractivity contribution in [3.63, 3.8) is 0 Å². The SMILES string of the molecule is NCc1c(Br)cc(F)c(Br)c1F. The van der Waals surface area contributed by atoms with Crippen molar-refractivity contribution in [2.75, 3.05) is 0 Å². The van der Waals surface area contributed by atoms with E-state index in [1.54, 1.807) is 0 Å². The highest BCUT2D eigenvalue weighted by Gasteiger charge is 2.13. The van der Waals surface area contributed by atoms with Crippen LogP contribution in [0.3, 0.4) is 0 Å². The summed E-state index contributed by atoms with van der Waals surface area (Å²) >= 11 is 5.79. The van der Waals surface area contributed by atoms with Gasteiger partial charge in [0.05, 0.1) is 4.47 Å². The smallest absolute Gasteiger partial charge is 0.145 e. The Kier molecular flexibility index (Phi) is 3.20. The van der Waals surface area contributed by atoms with E-state index in [4.69, 9.17) is 5.73 Å². The molecule has 2 N–H and O–H groups in total. The number of nitrogens with two attached hydrogens (primary N) is 1. The minimum absolute atomic E-state index is 0.0330. The number of hydrogen-bond donors (Lipinski definition) is 1. The van der Waals surface area contributed by atoms with Gasteiger partial charge in [0, 0.05) is 16.6 Å². The Labute approximate surface area is 85.2 Å². The molecule has 12 heavy (non-hydrogen) atoms. The highest BCUT2D eigenvalue weighted by Crippen LogP contribution is 2.28. The second-order valence-electron chi connectivity index (χ2n) is 2.15. The molecule has 0 aromatic heterocycles. The molecule has 0 saturated heterocycles. The summed E-state index contributed by atoms with van der Waals surface area (Å²) < 4.78 is 26.1. The largest absolute Gasteiger partial charge is 0.326 e. The lowest BCUT2D eigenvalue weighted by atomic mass is 10.2. The molecular weight excluding hydrogens is 296 g/mol. The van der Waals surface area contributed by atoms with Crippen LogP contribution in [-0.4, -0.2) is 0 Å². The average Bonchev–Trinajstić information content (AvgIpc) is 2.01. The van der Waals surface area contributed by atoms with E-state index in [0.29, 0.717) is 4.47 Å². The zero-order valence-electron chi connectivity index (χ0n) is 5.87. The quantitative estimate of drug-likeness (QED) is 0.626. The van der Waals surface area contributed by atoms with Gasteiger partial charge in [-0.2, -0.15) is 0 Å². The molecule has 0 aliphatic rings. The van der Waals surface area contributed by atoms with Crippen LogP contribution in [0, 0.1) is 11.6 Å². The standard InChI is InChI=1S/C7H5Br2F2N/c8-4-1-5(10)6(9)7(11)3(4)2-12/h1H,2,12H2. The second-order valence-corrected chi connectivity index (χ2v) is 3.80. The predicted molar refractivity (Wildman–Crippen MR) is 49.6 cm³/mol. The van der Waals surface area contributed by atoms with Crippen LogP contribution in [0.2, 0.25) is 0 Å². The van der Waals surface area contributed by atoms with Crippen LogP contribution in [0.15, 0.2) is 15.0 Å².